The molecule has 0 atom stereocenters. The van der Waals surface area contributed by atoms with Crippen LogP contribution in [0, 0.1) is 0 Å². The van der Waals surface area contributed by atoms with Crippen molar-refractivity contribution in [3.8, 4) is 84.0 Å². The third-order valence-corrected chi connectivity index (χ3v) is 12.6. The van der Waals surface area contributed by atoms with Crippen molar-refractivity contribution in [1.82, 2.24) is 14.5 Å². The van der Waals surface area contributed by atoms with Gasteiger partial charge in [0.05, 0.1) is 22.2 Å². The van der Waals surface area contributed by atoms with Gasteiger partial charge in [-0.25, -0.2) is 9.97 Å². The van der Waals surface area contributed by atoms with Crippen molar-refractivity contribution >= 4 is 32.7 Å². The topological polar surface area (TPSA) is 30.7 Å². The van der Waals surface area contributed by atoms with Crippen molar-refractivity contribution in [2.75, 3.05) is 0 Å². The minimum Gasteiger partial charge on any atom is -0.309 e. The second-order valence-electron chi connectivity index (χ2n) is 16.4. The molecule has 0 bridgehead atoms. The maximum absolute atomic E-state index is 5.30. The van der Waals surface area contributed by atoms with Gasteiger partial charge in [-0.05, 0) is 63.2 Å². The summed E-state index contributed by atoms with van der Waals surface area (Å²) in [6, 6.07) is 89.0. The Labute approximate surface area is 378 Å². The molecule has 12 aromatic rings. The van der Waals surface area contributed by atoms with E-state index in [4.69, 9.17) is 9.97 Å². The summed E-state index contributed by atoms with van der Waals surface area (Å²) >= 11 is 0. The number of benzene rings is 10. The van der Waals surface area contributed by atoms with Crippen LogP contribution in [0.15, 0.2) is 249 Å². The molecule has 0 fully saturated rings. The van der Waals surface area contributed by atoms with Crippen molar-refractivity contribution < 1.29 is 0 Å². The molecule has 0 spiro atoms. The van der Waals surface area contributed by atoms with Gasteiger partial charge in [0.25, 0.3) is 0 Å². The average Bonchev–Trinajstić information content (AvgIpc) is 3.73. The second-order valence-corrected chi connectivity index (χ2v) is 16.4. The van der Waals surface area contributed by atoms with Crippen LogP contribution in [0.4, 0.5) is 0 Å². The SMILES string of the molecule is c1ccc(-c2ccc(-c3nc(-c4ccc(-n5c6ccccc6c6c(-c7ccccc7)c(-c7ccccc7)c(-c7ccccc7)c(-c7ccccc7)c65)cc4)c4ccccc4n3)cc2)cc1. The fourth-order valence-corrected chi connectivity index (χ4v) is 9.69. The highest BCUT2D eigenvalue weighted by molar-refractivity contribution is 6.26. The first kappa shape index (κ1) is 38.0. The molecule has 0 N–H and O–H groups in total. The maximum atomic E-state index is 5.30. The summed E-state index contributed by atoms with van der Waals surface area (Å²) in [5, 5.41) is 3.43. The van der Waals surface area contributed by atoms with E-state index in [1.807, 2.05) is 12.1 Å². The highest BCUT2D eigenvalue weighted by Gasteiger charge is 2.29. The first-order valence-electron chi connectivity index (χ1n) is 22.2. The summed E-state index contributed by atoms with van der Waals surface area (Å²) in [5.41, 5.74) is 19.0. The normalized spacial score (nSPS) is 11.4. The molecule has 3 nitrogen and oxygen atoms in total. The van der Waals surface area contributed by atoms with Crippen LogP contribution in [0.5, 0.6) is 0 Å². The number of fused-ring (bicyclic) bond motifs is 4. The Balaban J connectivity index is 1.12. The molecule has 2 heterocycles. The standard InChI is InChI=1S/C62H41N3/c1-6-20-42(21-7-1)43-34-36-49(37-35-43)62-63-53-32-18-16-30-51(53)60(64-62)48-38-40-50(41-39-48)65-54-33-19-17-31-52(54)59-57(46-26-12-4-13-27-46)55(44-22-8-2-9-23-44)56(45-24-10-3-11-25-45)58(61(59)65)47-28-14-5-15-29-47/h1-41H. The van der Waals surface area contributed by atoms with Crippen LogP contribution in [0.3, 0.4) is 0 Å². The van der Waals surface area contributed by atoms with Crippen LogP contribution < -0.4 is 0 Å². The molecule has 3 heteroatoms. The summed E-state index contributed by atoms with van der Waals surface area (Å²) in [5.74, 6) is 0.702. The Morgan fingerprint density at radius 1 is 0.277 bits per heavy atom. The molecule has 0 saturated carbocycles. The molecular formula is C62H41N3. The summed E-state index contributed by atoms with van der Waals surface area (Å²) in [6.45, 7) is 0. The van der Waals surface area contributed by atoms with Crippen LogP contribution >= 0.6 is 0 Å². The van der Waals surface area contributed by atoms with Gasteiger partial charge < -0.3 is 4.57 Å². The highest BCUT2D eigenvalue weighted by atomic mass is 15.0. The van der Waals surface area contributed by atoms with Crippen LogP contribution in [0.2, 0.25) is 0 Å². The van der Waals surface area contributed by atoms with Crippen LogP contribution in [0.25, 0.3) is 117 Å². The van der Waals surface area contributed by atoms with Gasteiger partial charge in [-0.2, -0.15) is 0 Å². The Bertz CT molecular complexity index is 3640. The fourth-order valence-electron chi connectivity index (χ4n) is 9.69. The zero-order chi connectivity index (χ0) is 43.1. The Hall–Kier alpha value is -8.66. The predicted octanol–water partition coefficient (Wildman–Crippen LogP) is 16.4. The van der Waals surface area contributed by atoms with Crippen molar-refractivity contribution in [3.63, 3.8) is 0 Å². The van der Waals surface area contributed by atoms with Gasteiger partial charge in [0.1, 0.15) is 0 Å². The molecule has 304 valence electrons. The number of hydrogen-bond donors (Lipinski definition) is 0. The van der Waals surface area contributed by atoms with Crippen LogP contribution in [0.1, 0.15) is 0 Å². The van der Waals surface area contributed by atoms with Gasteiger partial charge in [0.15, 0.2) is 5.82 Å². The van der Waals surface area contributed by atoms with Gasteiger partial charge in [0, 0.05) is 49.7 Å². The van der Waals surface area contributed by atoms with E-state index >= 15 is 0 Å². The number of rotatable bonds is 8. The molecule has 10 aromatic carbocycles. The average molecular weight is 828 g/mol. The van der Waals surface area contributed by atoms with Gasteiger partial charge >= 0.3 is 0 Å². The van der Waals surface area contributed by atoms with E-state index in [-0.39, 0.29) is 0 Å². The smallest absolute Gasteiger partial charge is 0.160 e. The van der Waals surface area contributed by atoms with E-state index < -0.39 is 0 Å². The molecule has 0 aliphatic rings. The van der Waals surface area contributed by atoms with E-state index in [9.17, 15) is 0 Å². The largest absolute Gasteiger partial charge is 0.309 e. The van der Waals surface area contributed by atoms with E-state index in [0.717, 1.165) is 61.1 Å². The monoisotopic (exact) mass is 827 g/mol. The van der Waals surface area contributed by atoms with Gasteiger partial charge in [-0.1, -0.05) is 224 Å². The Kier molecular flexibility index (Phi) is 9.50. The van der Waals surface area contributed by atoms with Crippen LogP contribution in [-0.2, 0) is 0 Å². The van der Waals surface area contributed by atoms with E-state index in [2.05, 4.69) is 241 Å². The summed E-state index contributed by atoms with van der Waals surface area (Å²) in [7, 11) is 0. The van der Waals surface area contributed by atoms with Gasteiger partial charge in [-0.3, -0.25) is 0 Å². The van der Waals surface area contributed by atoms with Crippen molar-refractivity contribution in [3.05, 3.63) is 249 Å². The van der Waals surface area contributed by atoms with Crippen molar-refractivity contribution in [2.45, 2.75) is 0 Å². The Morgan fingerprint density at radius 2 is 0.692 bits per heavy atom. The molecule has 0 unspecified atom stereocenters. The minimum atomic E-state index is 0.702. The summed E-state index contributed by atoms with van der Waals surface area (Å²) in [4.78, 5) is 10.4. The third kappa shape index (κ3) is 6.70. The zero-order valence-electron chi connectivity index (χ0n) is 35.5. The number of nitrogens with zero attached hydrogens (tertiary/aromatic N) is 3. The van der Waals surface area contributed by atoms with Gasteiger partial charge in [-0.15, -0.1) is 0 Å². The highest BCUT2D eigenvalue weighted by Crippen LogP contribution is 2.54. The Morgan fingerprint density at radius 3 is 1.28 bits per heavy atom. The molecule has 65 heavy (non-hydrogen) atoms. The van der Waals surface area contributed by atoms with Crippen LogP contribution in [-0.4, -0.2) is 14.5 Å². The zero-order valence-corrected chi connectivity index (χ0v) is 35.5. The molecule has 12 rings (SSSR count). The molecule has 0 aliphatic carbocycles. The summed E-state index contributed by atoms with van der Waals surface area (Å²) < 4.78 is 2.49. The fraction of sp³-hybridized carbons (Fsp3) is 0. The number of para-hydroxylation sites is 2. The molecule has 0 saturated heterocycles. The first-order chi connectivity index (χ1) is 32.3. The molecule has 2 aromatic heterocycles. The van der Waals surface area contributed by atoms with Crippen molar-refractivity contribution in [2.24, 2.45) is 0 Å². The number of aromatic nitrogens is 3. The predicted molar refractivity (Wildman–Crippen MR) is 272 cm³/mol. The molecule has 0 aliphatic heterocycles. The first-order valence-corrected chi connectivity index (χ1v) is 22.2. The molecule has 0 radical (unpaired) electrons. The van der Waals surface area contributed by atoms with E-state index in [1.165, 1.54) is 49.7 Å². The molecular weight excluding hydrogens is 787 g/mol. The van der Waals surface area contributed by atoms with E-state index in [0.29, 0.717) is 5.82 Å². The molecule has 0 amide bonds. The summed E-state index contributed by atoms with van der Waals surface area (Å²) in [6.07, 6.45) is 0. The lowest BCUT2D eigenvalue weighted by molar-refractivity contribution is 1.18. The van der Waals surface area contributed by atoms with E-state index in [1.54, 1.807) is 0 Å². The third-order valence-electron chi connectivity index (χ3n) is 12.6. The number of hydrogen-bond acceptors (Lipinski definition) is 2. The minimum absolute atomic E-state index is 0.702. The lowest BCUT2D eigenvalue weighted by Crippen LogP contribution is -2.01. The lowest BCUT2D eigenvalue weighted by atomic mass is 9.80. The second kappa shape index (κ2) is 16.2. The van der Waals surface area contributed by atoms with Gasteiger partial charge in [0.2, 0.25) is 0 Å². The lowest BCUT2D eigenvalue weighted by Gasteiger charge is -2.24. The van der Waals surface area contributed by atoms with Crippen molar-refractivity contribution in [1.29, 1.82) is 0 Å². The maximum Gasteiger partial charge on any atom is 0.160 e. The quantitative estimate of drug-likeness (QED) is 0.153.